The number of nitrogens with one attached hydrogen (secondary N) is 1. The topological polar surface area (TPSA) is 18.5 Å². The Bertz CT molecular complexity index is 281. The molecule has 104 valence electrons. The van der Waals surface area contributed by atoms with E-state index in [1.54, 1.807) is 0 Å². The maximum atomic E-state index is 3.74. The van der Waals surface area contributed by atoms with Crippen LogP contribution in [0.4, 0.5) is 0 Å². The van der Waals surface area contributed by atoms with E-state index < -0.39 is 0 Å². The van der Waals surface area contributed by atoms with Crippen LogP contribution in [-0.2, 0) is 0 Å². The Hall–Kier alpha value is -0.120. The van der Waals surface area contributed by atoms with Crippen LogP contribution in [0.5, 0.6) is 0 Å². The van der Waals surface area contributed by atoms with Gasteiger partial charge in [-0.1, -0.05) is 6.92 Å². The number of likely N-dealkylation sites (N-methyl/N-ethyl adjacent to an activating group) is 1. The molecular formula is C15H29N3. The van der Waals surface area contributed by atoms with Gasteiger partial charge in [0.2, 0.25) is 0 Å². The molecule has 3 heteroatoms. The predicted molar refractivity (Wildman–Crippen MR) is 75.8 cm³/mol. The monoisotopic (exact) mass is 251 g/mol. The number of fused-ring (bicyclic) bond motifs is 2. The van der Waals surface area contributed by atoms with Crippen molar-refractivity contribution in [3.05, 3.63) is 0 Å². The van der Waals surface area contributed by atoms with Crippen LogP contribution in [0.1, 0.15) is 39.0 Å². The Kier molecular flexibility index (Phi) is 3.92. The highest BCUT2D eigenvalue weighted by Crippen LogP contribution is 2.29. The Morgan fingerprint density at radius 3 is 2.78 bits per heavy atom. The average molecular weight is 251 g/mol. The van der Waals surface area contributed by atoms with Crippen molar-refractivity contribution in [3.63, 3.8) is 0 Å². The highest BCUT2D eigenvalue weighted by atomic mass is 15.3. The van der Waals surface area contributed by atoms with Crippen molar-refractivity contribution in [2.45, 2.75) is 57.2 Å². The van der Waals surface area contributed by atoms with Crippen molar-refractivity contribution in [2.24, 2.45) is 5.92 Å². The molecule has 0 aromatic rings. The summed E-state index contributed by atoms with van der Waals surface area (Å²) >= 11 is 0. The molecule has 4 unspecified atom stereocenters. The minimum Gasteiger partial charge on any atom is -0.312 e. The Morgan fingerprint density at radius 1 is 1.11 bits per heavy atom. The summed E-state index contributed by atoms with van der Waals surface area (Å²) in [7, 11) is 2.34. The van der Waals surface area contributed by atoms with Crippen LogP contribution < -0.4 is 5.32 Å². The van der Waals surface area contributed by atoms with Gasteiger partial charge in [0.05, 0.1) is 0 Å². The van der Waals surface area contributed by atoms with E-state index in [-0.39, 0.29) is 0 Å². The second-order valence-corrected chi connectivity index (χ2v) is 6.78. The molecule has 0 spiro atoms. The van der Waals surface area contributed by atoms with E-state index in [4.69, 9.17) is 0 Å². The lowest BCUT2D eigenvalue weighted by Gasteiger charge is -2.35. The molecule has 3 rings (SSSR count). The zero-order valence-electron chi connectivity index (χ0n) is 12.1. The van der Waals surface area contributed by atoms with Crippen molar-refractivity contribution in [3.8, 4) is 0 Å². The van der Waals surface area contributed by atoms with Crippen LogP contribution in [0.3, 0.4) is 0 Å². The quantitative estimate of drug-likeness (QED) is 0.803. The van der Waals surface area contributed by atoms with Crippen molar-refractivity contribution in [2.75, 3.05) is 33.2 Å². The lowest BCUT2D eigenvalue weighted by atomic mass is 9.92. The first kappa shape index (κ1) is 12.9. The molecule has 0 aromatic heterocycles. The van der Waals surface area contributed by atoms with Crippen molar-refractivity contribution in [1.29, 1.82) is 0 Å². The lowest BCUT2D eigenvalue weighted by Crippen LogP contribution is -2.49. The molecule has 3 aliphatic heterocycles. The van der Waals surface area contributed by atoms with Crippen LogP contribution in [0.2, 0.25) is 0 Å². The summed E-state index contributed by atoms with van der Waals surface area (Å²) in [6, 6.07) is 2.44. The van der Waals surface area contributed by atoms with E-state index in [0.29, 0.717) is 0 Å². The number of hydrogen-bond donors (Lipinski definition) is 1. The zero-order valence-corrected chi connectivity index (χ0v) is 12.1. The van der Waals surface area contributed by atoms with E-state index in [0.717, 1.165) is 24.0 Å². The highest BCUT2D eigenvalue weighted by molar-refractivity contribution is 4.92. The molecule has 2 bridgehead atoms. The van der Waals surface area contributed by atoms with Crippen LogP contribution in [0, 0.1) is 5.92 Å². The zero-order chi connectivity index (χ0) is 12.5. The molecule has 3 saturated heterocycles. The van der Waals surface area contributed by atoms with Crippen molar-refractivity contribution in [1.82, 2.24) is 15.1 Å². The molecule has 0 saturated carbocycles. The van der Waals surface area contributed by atoms with Gasteiger partial charge in [-0.3, -0.25) is 4.90 Å². The minimum atomic E-state index is 0.737. The smallest absolute Gasteiger partial charge is 0.0223 e. The van der Waals surface area contributed by atoms with Crippen LogP contribution >= 0.6 is 0 Å². The van der Waals surface area contributed by atoms with Gasteiger partial charge in [-0.15, -0.1) is 0 Å². The number of piperidine rings is 1. The molecule has 3 aliphatic rings. The van der Waals surface area contributed by atoms with Gasteiger partial charge in [0.25, 0.3) is 0 Å². The maximum absolute atomic E-state index is 3.74. The normalized spacial score (nSPS) is 43.0. The fraction of sp³-hybridized carbons (Fsp3) is 1.00. The van der Waals surface area contributed by atoms with Crippen molar-refractivity contribution < 1.29 is 0 Å². The van der Waals surface area contributed by atoms with Gasteiger partial charge in [0.1, 0.15) is 0 Å². The van der Waals surface area contributed by atoms with Crippen LogP contribution in [0.15, 0.2) is 0 Å². The first-order chi connectivity index (χ1) is 8.74. The fourth-order valence-electron chi connectivity index (χ4n) is 4.18. The standard InChI is InChI=1S/C15H29N3/c1-12-4-3-8-16-15(12)11-18-9-7-13-5-6-14(10-18)17(13)2/h12-16H,3-11H2,1-2H3. The van der Waals surface area contributed by atoms with E-state index in [1.807, 2.05) is 0 Å². The summed E-state index contributed by atoms with van der Waals surface area (Å²) in [5.74, 6) is 0.858. The van der Waals surface area contributed by atoms with Crippen molar-refractivity contribution >= 4 is 0 Å². The van der Waals surface area contributed by atoms with E-state index in [1.165, 1.54) is 58.3 Å². The van der Waals surface area contributed by atoms with Gasteiger partial charge in [0, 0.05) is 31.2 Å². The number of likely N-dealkylation sites (tertiary alicyclic amines) is 1. The average Bonchev–Trinajstić information content (AvgIpc) is 2.60. The van der Waals surface area contributed by atoms with Gasteiger partial charge in [-0.25, -0.2) is 0 Å². The summed E-state index contributed by atoms with van der Waals surface area (Å²) in [6.07, 6.45) is 7.02. The fourth-order valence-corrected chi connectivity index (χ4v) is 4.18. The molecule has 4 atom stereocenters. The van der Waals surface area contributed by atoms with Gasteiger partial charge in [-0.05, 0) is 58.2 Å². The van der Waals surface area contributed by atoms with Crippen LogP contribution in [0.25, 0.3) is 0 Å². The largest absolute Gasteiger partial charge is 0.312 e. The molecule has 1 N–H and O–H groups in total. The Labute approximate surface area is 112 Å². The highest BCUT2D eigenvalue weighted by Gasteiger charge is 2.35. The molecule has 3 heterocycles. The third-order valence-electron chi connectivity index (χ3n) is 5.62. The molecule has 0 amide bonds. The molecule has 0 radical (unpaired) electrons. The summed E-state index contributed by atoms with van der Waals surface area (Å²) in [5.41, 5.74) is 0. The Morgan fingerprint density at radius 2 is 1.94 bits per heavy atom. The third-order valence-corrected chi connectivity index (χ3v) is 5.62. The van der Waals surface area contributed by atoms with Gasteiger partial charge in [0.15, 0.2) is 0 Å². The van der Waals surface area contributed by atoms with Gasteiger partial charge >= 0.3 is 0 Å². The molecule has 3 fully saturated rings. The van der Waals surface area contributed by atoms with E-state index in [2.05, 4.69) is 29.1 Å². The van der Waals surface area contributed by atoms with E-state index in [9.17, 15) is 0 Å². The lowest BCUT2D eigenvalue weighted by molar-refractivity contribution is 0.173. The maximum Gasteiger partial charge on any atom is 0.0223 e. The first-order valence-corrected chi connectivity index (χ1v) is 7.91. The predicted octanol–water partition coefficient (Wildman–Crippen LogP) is 1.54. The molecule has 0 aromatic carbocycles. The Balaban J connectivity index is 1.56. The molecule has 3 nitrogen and oxygen atoms in total. The second-order valence-electron chi connectivity index (χ2n) is 6.78. The first-order valence-electron chi connectivity index (χ1n) is 7.91. The summed E-state index contributed by atoms with van der Waals surface area (Å²) in [5, 5.41) is 3.74. The molecule has 18 heavy (non-hydrogen) atoms. The second kappa shape index (κ2) is 5.48. The molecule has 0 aliphatic carbocycles. The minimum absolute atomic E-state index is 0.737. The summed E-state index contributed by atoms with van der Waals surface area (Å²) in [4.78, 5) is 5.39. The van der Waals surface area contributed by atoms with Crippen LogP contribution in [-0.4, -0.2) is 61.2 Å². The SMILES string of the molecule is CC1CCCNC1CN1CCC2CCC(C1)N2C. The molecular weight excluding hydrogens is 222 g/mol. The summed E-state index contributed by atoms with van der Waals surface area (Å²) in [6.45, 7) is 7.55. The number of nitrogens with zero attached hydrogens (tertiary/aromatic N) is 2. The third kappa shape index (κ3) is 2.59. The number of rotatable bonds is 2. The van der Waals surface area contributed by atoms with Gasteiger partial charge < -0.3 is 10.2 Å². The summed E-state index contributed by atoms with van der Waals surface area (Å²) < 4.78 is 0. The number of hydrogen-bond acceptors (Lipinski definition) is 3. The van der Waals surface area contributed by atoms with Gasteiger partial charge in [-0.2, -0.15) is 0 Å². The van der Waals surface area contributed by atoms with E-state index >= 15 is 0 Å².